The molecule has 0 radical (unpaired) electrons. The summed E-state index contributed by atoms with van der Waals surface area (Å²) in [6, 6.07) is 53.3. The van der Waals surface area contributed by atoms with Gasteiger partial charge in [-0.3, -0.25) is 0 Å². The first kappa shape index (κ1) is 35.0. The van der Waals surface area contributed by atoms with Crippen LogP contribution in [-0.4, -0.2) is 17.1 Å². The summed E-state index contributed by atoms with van der Waals surface area (Å²) in [6.45, 7) is 6.01. The third-order valence-electron chi connectivity index (χ3n) is 5.59. The van der Waals surface area contributed by atoms with Crippen LogP contribution in [0.4, 0.5) is 0 Å². The summed E-state index contributed by atoms with van der Waals surface area (Å²) < 4.78 is 0.0833. The van der Waals surface area contributed by atoms with Gasteiger partial charge in [0.05, 0.1) is 0 Å². The Kier molecular flexibility index (Phi) is 16.3. The minimum atomic E-state index is -0.348. The molecule has 41 heavy (non-hydrogen) atoms. The summed E-state index contributed by atoms with van der Waals surface area (Å²) in [5.74, 6) is 0. The Bertz CT molecular complexity index is 1220. The predicted molar refractivity (Wildman–Crippen MR) is 183 cm³/mol. The van der Waals surface area contributed by atoms with Crippen LogP contribution < -0.4 is 26.6 Å². The summed E-state index contributed by atoms with van der Waals surface area (Å²) in [5, 5.41) is 13.5. The van der Waals surface area contributed by atoms with Gasteiger partial charge >= 0.3 is 20.4 Å². The molecule has 5 rings (SSSR count). The van der Waals surface area contributed by atoms with Crippen molar-refractivity contribution in [2.75, 3.05) is 12.3 Å². The Morgan fingerprint density at radius 2 is 0.780 bits per heavy atom. The molecule has 0 aliphatic rings. The SMILES string of the molecule is CC(C)(C)[S-].N=c1cc[cH-]cc1.[Pd+2].c1ccc(P(CCP(c2ccccc2)c2ccccc2)c2ccccc2)cc1. The Morgan fingerprint density at radius 1 is 0.537 bits per heavy atom. The zero-order chi connectivity index (χ0) is 28.6. The van der Waals surface area contributed by atoms with E-state index in [0.29, 0.717) is 5.36 Å². The number of rotatable bonds is 7. The third-order valence-corrected chi connectivity index (χ3v) is 11.0. The van der Waals surface area contributed by atoms with Gasteiger partial charge in [-0.05, 0) is 49.4 Å². The minimum Gasteiger partial charge on any atom is -0.787 e. The fourth-order valence-corrected chi connectivity index (χ4v) is 9.24. The van der Waals surface area contributed by atoms with Crippen LogP contribution in [-0.2, 0) is 33.1 Å². The Hall–Kier alpha value is -2.23. The van der Waals surface area contributed by atoms with Gasteiger partial charge in [-0.2, -0.15) is 22.9 Å². The minimum absolute atomic E-state index is 0. The second-order valence-corrected chi connectivity index (χ2v) is 16.0. The second kappa shape index (κ2) is 19.1. The van der Waals surface area contributed by atoms with Gasteiger partial charge in [0.2, 0.25) is 0 Å². The molecule has 0 heterocycles. The van der Waals surface area contributed by atoms with Crippen molar-refractivity contribution in [1.29, 1.82) is 5.41 Å². The van der Waals surface area contributed by atoms with Crippen LogP contribution in [0.25, 0.3) is 0 Å². The molecule has 5 heteroatoms. The molecular formula is C36H39NP2PdS. The topological polar surface area (TPSA) is 23.9 Å². The van der Waals surface area contributed by atoms with Gasteiger partial charge in [-0.25, -0.2) is 0 Å². The van der Waals surface area contributed by atoms with Crippen molar-refractivity contribution in [2.45, 2.75) is 25.5 Å². The second-order valence-electron chi connectivity index (χ2n) is 10.1. The van der Waals surface area contributed by atoms with Gasteiger partial charge < -0.3 is 18.0 Å². The molecule has 0 amide bonds. The van der Waals surface area contributed by atoms with Gasteiger partial charge in [0, 0.05) is 0 Å². The molecule has 0 aromatic heterocycles. The van der Waals surface area contributed by atoms with Gasteiger partial charge in [-0.15, -0.1) is 12.1 Å². The summed E-state index contributed by atoms with van der Waals surface area (Å²) in [7, 11) is -0.696. The first-order valence-electron chi connectivity index (χ1n) is 13.5. The molecular weight excluding hydrogens is 647 g/mol. The van der Waals surface area contributed by atoms with Crippen molar-refractivity contribution in [3.05, 3.63) is 157 Å². The summed E-state index contributed by atoms with van der Waals surface area (Å²) in [4.78, 5) is 0. The van der Waals surface area contributed by atoms with Crippen molar-refractivity contribution in [1.82, 2.24) is 0 Å². The monoisotopic (exact) mass is 685 g/mol. The molecule has 0 saturated heterocycles. The van der Waals surface area contributed by atoms with Crippen LogP contribution in [0.5, 0.6) is 0 Å². The molecule has 0 aliphatic carbocycles. The molecule has 0 atom stereocenters. The molecule has 0 bridgehead atoms. The molecule has 5 aromatic carbocycles. The third kappa shape index (κ3) is 14.0. The number of hydrogen-bond donors (Lipinski definition) is 1. The molecule has 0 aliphatic heterocycles. The van der Waals surface area contributed by atoms with E-state index in [9.17, 15) is 0 Å². The zero-order valence-corrected chi connectivity index (χ0v) is 28.1. The number of hydrogen-bond acceptors (Lipinski definition) is 2. The Balaban J connectivity index is 0.000000378. The van der Waals surface area contributed by atoms with E-state index in [2.05, 4.69) is 121 Å². The Morgan fingerprint density at radius 3 is 0.976 bits per heavy atom. The summed E-state index contributed by atoms with van der Waals surface area (Å²) in [5.41, 5.74) is 0. The standard InChI is InChI=1S/C26H24P2.C6H6N.C4H10S.Pd/c1-5-13-23(14-6-1)27(24-15-7-2-8-16-24)21-22-28(25-17-9-3-10-18-25)26-19-11-4-12-20-26;7-6-4-2-1-3-5-6;1-4(2,3)5;/h1-20H,21-22H2;1-5,7H;5H,1-3H3;/q;-1;;+2/p-1. The van der Waals surface area contributed by atoms with Crippen molar-refractivity contribution < 1.29 is 20.4 Å². The molecule has 0 unspecified atom stereocenters. The van der Waals surface area contributed by atoms with E-state index < -0.39 is 0 Å². The first-order chi connectivity index (χ1) is 19.3. The average molecular weight is 686 g/mol. The van der Waals surface area contributed by atoms with E-state index >= 15 is 0 Å². The maximum Gasteiger partial charge on any atom is 2.00 e. The van der Waals surface area contributed by atoms with Crippen molar-refractivity contribution in [3.8, 4) is 0 Å². The quantitative estimate of drug-likeness (QED) is 0.0818. The van der Waals surface area contributed by atoms with Gasteiger partial charge in [-0.1, -0.05) is 147 Å². The smallest absolute Gasteiger partial charge is 0.787 e. The number of benzene rings is 5. The van der Waals surface area contributed by atoms with E-state index in [1.54, 1.807) is 12.1 Å². The summed E-state index contributed by atoms with van der Waals surface area (Å²) in [6.07, 6.45) is 2.41. The van der Waals surface area contributed by atoms with Crippen LogP contribution in [0.3, 0.4) is 0 Å². The molecule has 5 aromatic rings. The van der Waals surface area contributed by atoms with Gasteiger partial charge in [0.15, 0.2) is 0 Å². The maximum absolute atomic E-state index is 7.00. The maximum atomic E-state index is 7.00. The van der Waals surface area contributed by atoms with Crippen molar-refractivity contribution in [2.24, 2.45) is 0 Å². The van der Waals surface area contributed by atoms with Crippen molar-refractivity contribution in [3.63, 3.8) is 0 Å². The van der Waals surface area contributed by atoms with Crippen LogP contribution in [0.15, 0.2) is 152 Å². The first-order valence-corrected chi connectivity index (χ1v) is 17.0. The zero-order valence-electron chi connectivity index (χ0n) is 24.0. The molecule has 0 fully saturated rings. The Labute approximate surface area is 268 Å². The molecule has 1 nitrogen and oxygen atoms in total. The molecule has 0 spiro atoms. The van der Waals surface area contributed by atoms with Gasteiger partial charge in [0.25, 0.3) is 0 Å². The van der Waals surface area contributed by atoms with E-state index in [4.69, 9.17) is 18.0 Å². The van der Waals surface area contributed by atoms with Crippen LogP contribution in [0.2, 0.25) is 0 Å². The van der Waals surface area contributed by atoms with Crippen LogP contribution in [0.1, 0.15) is 20.8 Å². The fraction of sp³-hybridized carbons (Fsp3) is 0.167. The van der Waals surface area contributed by atoms with E-state index in [0.717, 1.165) is 0 Å². The number of nitrogens with one attached hydrogen (secondary N) is 1. The van der Waals surface area contributed by atoms with Gasteiger partial charge in [0.1, 0.15) is 0 Å². The van der Waals surface area contributed by atoms with Crippen LogP contribution >= 0.6 is 15.8 Å². The molecule has 1 N–H and O–H groups in total. The fourth-order valence-electron chi connectivity index (χ4n) is 3.88. The largest absolute Gasteiger partial charge is 2.00 e. The predicted octanol–water partition coefficient (Wildman–Crippen LogP) is 7.47. The summed E-state index contributed by atoms with van der Waals surface area (Å²) >= 11 is 4.83. The molecule has 0 saturated carbocycles. The normalized spacial score (nSPS) is 10.5. The van der Waals surface area contributed by atoms with E-state index in [-0.39, 0.29) is 41.0 Å². The van der Waals surface area contributed by atoms with Crippen LogP contribution in [0, 0.1) is 5.41 Å². The molecule has 214 valence electrons. The van der Waals surface area contributed by atoms with E-state index in [1.807, 2.05) is 39.0 Å². The van der Waals surface area contributed by atoms with E-state index in [1.165, 1.54) is 33.5 Å². The van der Waals surface area contributed by atoms with Crippen molar-refractivity contribution >= 4 is 49.7 Å². The average Bonchev–Trinajstić information content (AvgIpc) is 2.97.